The Hall–Kier alpha value is -1.71. The molecule has 4 unspecified atom stereocenters. The average molecular weight is 430 g/mol. The second kappa shape index (κ2) is 10.1. The molecule has 2 aliphatic heterocycles. The summed E-state index contributed by atoms with van der Waals surface area (Å²) in [5, 5.41) is 0. The number of hydrogen-bond donors (Lipinski definition) is 0. The summed E-state index contributed by atoms with van der Waals surface area (Å²) in [6.07, 6.45) is -4.84. The fourth-order valence-corrected chi connectivity index (χ4v) is 4.01. The molecule has 2 aliphatic rings. The molecule has 2 rings (SSSR count). The molecule has 0 radical (unpaired) electrons. The van der Waals surface area contributed by atoms with Gasteiger partial charge in [0.15, 0.2) is 18.5 Å². The monoisotopic (exact) mass is 430 g/mol. The van der Waals surface area contributed by atoms with Crippen LogP contribution in [-0.2, 0) is 42.8 Å². The zero-order valence-electron chi connectivity index (χ0n) is 18.9. The Morgan fingerprint density at radius 2 is 1.00 bits per heavy atom. The van der Waals surface area contributed by atoms with Crippen molar-refractivity contribution in [2.45, 2.75) is 104 Å². The van der Waals surface area contributed by atoms with Gasteiger partial charge in [-0.1, -0.05) is 13.8 Å². The average Bonchev–Trinajstić information content (AvgIpc) is 2.62. The first-order valence-corrected chi connectivity index (χ1v) is 10.4. The molecule has 0 aliphatic carbocycles. The van der Waals surface area contributed by atoms with Crippen LogP contribution in [0.5, 0.6) is 0 Å². The van der Waals surface area contributed by atoms with E-state index in [-0.39, 0.29) is 24.0 Å². The molecular formula is C21H34O9. The molecule has 2 heterocycles. The van der Waals surface area contributed by atoms with Gasteiger partial charge >= 0.3 is 17.9 Å². The molecule has 0 amide bonds. The van der Waals surface area contributed by atoms with Gasteiger partial charge in [-0.2, -0.15) is 0 Å². The largest absolute Gasteiger partial charge is 0.458 e. The maximum atomic E-state index is 11.8. The molecule has 0 aromatic heterocycles. The fraction of sp³-hybridized carbons (Fsp3) is 0.857. The highest BCUT2D eigenvalue weighted by Gasteiger charge is 2.51. The number of carbonyl (C=O) groups is 3. The third-order valence-electron chi connectivity index (χ3n) is 5.87. The van der Waals surface area contributed by atoms with Crippen LogP contribution in [0, 0.1) is 11.8 Å². The molecule has 9 nitrogen and oxygen atoms in total. The van der Waals surface area contributed by atoms with Crippen LogP contribution in [-0.4, -0.2) is 66.9 Å². The summed E-state index contributed by atoms with van der Waals surface area (Å²) >= 11 is 0. The van der Waals surface area contributed by atoms with E-state index in [1.165, 1.54) is 20.8 Å². The Labute approximate surface area is 177 Å². The summed E-state index contributed by atoms with van der Waals surface area (Å²) in [6.45, 7) is 13.2. The van der Waals surface area contributed by atoms with Crippen LogP contribution < -0.4 is 0 Å². The molecule has 10 atom stereocenters. The predicted octanol–water partition coefficient (Wildman–Crippen LogP) is 1.99. The van der Waals surface area contributed by atoms with Gasteiger partial charge in [0, 0.05) is 32.6 Å². The summed E-state index contributed by atoms with van der Waals surface area (Å²) in [5.74, 6) is -1.86. The van der Waals surface area contributed by atoms with E-state index in [9.17, 15) is 14.4 Å². The van der Waals surface area contributed by atoms with E-state index in [1.807, 2.05) is 34.6 Å². The van der Waals surface area contributed by atoms with E-state index in [0.717, 1.165) is 0 Å². The molecule has 172 valence electrons. The lowest BCUT2D eigenvalue weighted by molar-refractivity contribution is -0.324. The summed E-state index contributed by atoms with van der Waals surface area (Å²) in [6, 6.07) is 0. The maximum Gasteiger partial charge on any atom is 0.303 e. The van der Waals surface area contributed by atoms with Crippen LogP contribution in [0.1, 0.15) is 55.4 Å². The normalized spacial score (nSPS) is 41.6. The Bertz CT molecular complexity index is 636. The van der Waals surface area contributed by atoms with E-state index in [1.54, 1.807) is 0 Å². The van der Waals surface area contributed by atoms with Gasteiger partial charge in [-0.3, -0.25) is 14.4 Å². The molecule has 0 bridgehead atoms. The third-order valence-corrected chi connectivity index (χ3v) is 5.87. The third kappa shape index (κ3) is 5.70. The van der Waals surface area contributed by atoms with Crippen molar-refractivity contribution in [2.75, 3.05) is 0 Å². The van der Waals surface area contributed by atoms with E-state index >= 15 is 0 Å². The van der Waals surface area contributed by atoms with Crippen molar-refractivity contribution in [2.24, 2.45) is 11.8 Å². The minimum absolute atomic E-state index is 0.144. The van der Waals surface area contributed by atoms with Crippen LogP contribution in [0.3, 0.4) is 0 Å². The van der Waals surface area contributed by atoms with Gasteiger partial charge in [-0.25, -0.2) is 0 Å². The topological polar surface area (TPSA) is 107 Å². The van der Waals surface area contributed by atoms with E-state index < -0.39 is 54.7 Å². The molecule has 30 heavy (non-hydrogen) atoms. The van der Waals surface area contributed by atoms with Crippen molar-refractivity contribution < 1.29 is 42.8 Å². The summed E-state index contributed by atoms with van der Waals surface area (Å²) < 4.78 is 34.7. The van der Waals surface area contributed by atoms with Crippen LogP contribution in [0.25, 0.3) is 0 Å². The number of esters is 3. The summed E-state index contributed by atoms with van der Waals surface area (Å²) in [5.41, 5.74) is 0. The lowest BCUT2D eigenvalue weighted by Gasteiger charge is -2.48. The van der Waals surface area contributed by atoms with Gasteiger partial charge in [0.1, 0.15) is 12.2 Å². The van der Waals surface area contributed by atoms with E-state index in [2.05, 4.69) is 0 Å². The van der Waals surface area contributed by atoms with Gasteiger partial charge in [-0.05, 0) is 20.8 Å². The second-order valence-corrected chi connectivity index (χ2v) is 8.30. The number of rotatable bonds is 5. The van der Waals surface area contributed by atoms with Crippen molar-refractivity contribution in [3.8, 4) is 0 Å². The molecule has 0 spiro atoms. The van der Waals surface area contributed by atoms with E-state index in [0.29, 0.717) is 0 Å². The maximum absolute atomic E-state index is 11.8. The zero-order valence-corrected chi connectivity index (χ0v) is 18.9. The van der Waals surface area contributed by atoms with Crippen molar-refractivity contribution in [3.05, 3.63) is 0 Å². The quantitative estimate of drug-likeness (QED) is 0.478. The van der Waals surface area contributed by atoms with Gasteiger partial charge in [0.25, 0.3) is 0 Å². The van der Waals surface area contributed by atoms with Crippen LogP contribution >= 0.6 is 0 Å². The molecule has 2 saturated heterocycles. The molecular weight excluding hydrogens is 396 g/mol. The molecule has 9 heteroatoms. The number of hydrogen-bond acceptors (Lipinski definition) is 9. The number of ether oxygens (including phenoxy) is 6. The standard InChI is InChI=1S/C21H34O9/c1-9-11(3)25-13(5)19(28-15(7)23)17(9)30-21-20(29-16(8)24)18(27-14(6)22)10(2)12(4)26-21/h9-13,17-21H,1-8H3/t9-,10-,11?,12?,13-,17-,18-,19?,20?,21-/m0/s1. The minimum atomic E-state index is -1.01. The first-order chi connectivity index (χ1) is 13.9. The summed E-state index contributed by atoms with van der Waals surface area (Å²) in [7, 11) is 0. The van der Waals surface area contributed by atoms with E-state index in [4.69, 9.17) is 28.4 Å². The molecule has 0 saturated carbocycles. The smallest absolute Gasteiger partial charge is 0.303 e. The highest BCUT2D eigenvalue weighted by atomic mass is 16.7. The van der Waals surface area contributed by atoms with Crippen LogP contribution in [0.4, 0.5) is 0 Å². The molecule has 2 fully saturated rings. The number of carbonyl (C=O) groups excluding carboxylic acids is 3. The van der Waals surface area contributed by atoms with Crippen molar-refractivity contribution in [1.82, 2.24) is 0 Å². The Kier molecular flexibility index (Phi) is 8.24. The highest BCUT2D eigenvalue weighted by molar-refractivity contribution is 5.67. The Morgan fingerprint density at radius 3 is 1.53 bits per heavy atom. The van der Waals surface area contributed by atoms with Crippen molar-refractivity contribution in [3.63, 3.8) is 0 Å². The highest BCUT2D eigenvalue weighted by Crippen LogP contribution is 2.36. The minimum Gasteiger partial charge on any atom is -0.458 e. The molecule has 0 aromatic rings. The lowest BCUT2D eigenvalue weighted by atomic mass is 9.88. The Balaban J connectivity index is 2.34. The van der Waals surface area contributed by atoms with Crippen molar-refractivity contribution >= 4 is 17.9 Å². The zero-order chi connectivity index (χ0) is 22.7. The SMILES string of the molecule is CC(=O)OC1[C@H](O[C@@H]2C(OC(C)=O)[C@H](C)OC(C)[C@@H]2C)OC(C)[C@H](C)[C@@H]1OC(C)=O. The second-order valence-electron chi connectivity index (χ2n) is 8.30. The first-order valence-electron chi connectivity index (χ1n) is 10.4. The van der Waals surface area contributed by atoms with Crippen LogP contribution in [0.2, 0.25) is 0 Å². The molecule has 0 N–H and O–H groups in total. The molecule has 0 aromatic carbocycles. The summed E-state index contributed by atoms with van der Waals surface area (Å²) in [4.78, 5) is 35.1. The van der Waals surface area contributed by atoms with Gasteiger partial charge < -0.3 is 28.4 Å². The first kappa shape index (κ1) is 24.6. The predicted molar refractivity (Wildman–Crippen MR) is 104 cm³/mol. The van der Waals surface area contributed by atoms with Gasteiger partial charge in [0.05, 0.1) is 18.3 Å². The van der Waals surface area contributed by atoms with Crippen molar-refractivity contribution in [1.29, 1.82) is 0 Å². The fourth-order valence-electron chi connectivity index (χ4n) is 4.01. The Morgan fingerprint density at radius 1 is 0.567 bits per heavy atom. The van der Waals surface area contributed by atoms with Gasteiger partial charge in [-0.15, -0.1) is 0 Å². The van der Waals surface area contributed by atoms with Crippen LogP contribution in [0.15, 0.2) is 0 Å². The van der Waals surface area contributed by atoms with Gasteiger partial charge in [0.2, 0.25) is 0 Å². The lowest BCUT2D eigenvalue weighted by Crippen LogP contribution is -2.61.